The van der Waals surface area contributed by atoms with Crippen LogP contribution in [0.2, 0.25) is 0 Å². The quantitative estimate of drug-likeness (QED) is 0.825. The van der Waals surface area contributed by atoms with Crippen LogP contribution in [0.25, 0.3) is 5.65 Å². The van der Waals surface area contributed by atoms with E-state index in [1.54, 1.807) is 0 Å². The lowest BCUT2D eigenvalue weighted by atomic mass is 9.94. The minimum absolute atomic E-state index is 0. The highest BCUT2D eigenvalue weighted by Gasteiger charge is 2.34. The highest BCUT2D eigenvalue weighted by Crippen LogP contribution is 2.32. The number of halogens is 2. The lowest BCUT2D eigenvalue weighted by Crippen LogP contribution is -2.39. The summed E-state index contributed by atoms with van der Waals surface area (Å²) in [6.45, 7) is 4.76. The molecule has 2 aromatic heterocycles. The number of fused-ring (bicyclic) bond motifs is 1. The molecule has 140 valence electrons. The molecule has 0 bridgehead atoms. The monoisotopic (exact) mass is 387 g/mol. The van der Waals surface area contributed by atoms with E-state index in [0.29, 0.717) is 12.5 Å². The van der Waals surface area contributed by atoms with Gasteiger partial charge in [0.25, 0.3) is 0 Å². The number of amides is 1. The molecule has 2 heterocycles. The average Bonchev–Trinajstić information content (AvgIpc) is 3.18. The predicted molar refractivity (Wildman–Crippen MR) is 103 cm³/mol. The van der Waals surface area contributed by atoms with Gasteiger partial charge in [0.2, 0.25) is 5.91 Å². The van der Waals surface area contributed by atoms with Gasteiger partial charge in [-0.3, -0.25) is 9.20 Å². The fraction of sp³-hybridized carbons (Fsp3) is 0.588. The maximum absolute atomic E-state index is 12.7. The molecular formula is C17H27Cl2N5O. The zero-order chi connectivity index (χ0) is 16.4. The average molecular weight is 388 g/mol. The van der Waals surface area contributed by atoms with Crippen LogP contribution < -0.4 is 11.1 Å². The molecule has 1 unspecified atom stereocenters. The van der Waals surface area contributed by atoms with Crippen LogP contribution in [-0.4, -0.2) is 27.0 Å². The van der Waals surface area contributed by atoms with E-state index in [1.807, 2.05) is 28.8 Å². The second-order valence-electron chi connectivity index (χ2n) is 6.75. The number of rotatable bonds is 5. The lowest BCUT2D eigenvalue weighted by Gasteiger charge is -2.24. The molecule has 3 atom stereocenters. The molecule has 1 saturated carbocycles. The number of hydrogen-bond donors (Lipinski definition) is 2. The third kappa shape index (κ3) is 4.43. The van der Waals surface area contributed by atoms with Gasteiger partial charge in [-0.05, 0) is 43.4 Å². The Morgan fingerprint density at radius 2 is 2.08 bits per heavy atom. The van der Waals surface area contributed by atoms with Gasteiger partial charge in [0.1, 0.15) is 0 Å². The van der Waals surface area contributed by atoms with E-state index in [2.05, 4.69) is 29.4 Å². The minimum atomic E-state index is -0.154. The number of hydrogen-bond acceptors (Lipinski definition) is 4. The zero-order valence-corrected chi connectivity index (χ0v) is 16.2. The summed E-state index contributed by atoms with van der Waals surface area (Å²) in [5.74, 6) is 1.44. The van der Waals surface area contributed by atoms with Crippen molar-refractivity contribution in [1.29, 1.82) is 0 Å². The second kappa shape index (κ2) is 9.36. The summed E-state index contributed by atoms with van der Waals surface area (Å²) in [6.07, 6.45) is 5.00. The van der Waals surface area contributed by atoms with Crippen LogP contribution in [-0.2, 0) is 4.79 Å². The van der Waals surface area contributed by atoms with Gasteiger partial charge in [0.15, 0.2) is 11.5 Å². The predicted octanol–water partition coefficient (Wildman–Crippen LogP) is 2.76. The van der Waals surface area contributed by atoms with Gasteiger partial charge in [0, 0.05) is 12.1 Å². The first-order chi connectivity index (χ1) is 11.1. The Kier molecular flexibility index (Phi) is 8.12. The van der Waals surface area contributed by atoms with Gasteiger partial charge < -0.3 is 11.1 Å². The van der Waals surface area contributed by atoms with Crippen molar-refractivity contribution < 1.29 is 4.79 Å². The van der Waals surface area contributed by atoms with Crippen LogP contribution in [0.5, 0.6) is 0 Å². The van der Waals surface area contributed by atoms with E-state index < -0.39 is 0 Å². The lowest BCUT2D eigenvalue weighted by molar-refractivity contribution is -0.127. The maximum atomic E-state index is 12.7. The maximum Gasteiger partial charge on any atom is 0.224 e. The van der Waals surface area contributed by atoms with E-state index in [-0.39, 0.29) is 48.6 Å². The van der Waals surface area contributed by atoms with Crippen molar-refractivity contribution in [1.82, 2.24) is 19.9 Å². The van der Waals surface area contributed by atoms with E-state index in [9.17, 15) is 4.79 Å². The standard InChI is InChI=1S/C17H25N5O.2ClH/c1-11(2)15(16-21-20-14-8-3-4-9-22(14)16)19-17(23)13-7-5-6-12(13)10-18;;/h3-4,8-9,11-13,15H,5-7,10,18H2,1-2H3,(H,19,23);2*1H/t12-,13-,15?;;/m1../s1. The van der Waals surface area contributed by atoms with Crippen LogP contribution in [0.1, 0.15) is 45.0 Å². The fourth-order valence-electron chi connectivity index (χ4n) is 3.53. The van der Waals surface area contributed by atoms with Crippen molar-refractivity contribution in [2.45, 2.75) is 39.2 Å². The molecule has 1 amide bonds. The molecule has 0 aromatic carbocycles. The summed E-state index contributed by atoms with van der Waals surface area (Å²) in [5.41, 5.74) is 6.61. The van der Waals surface area contributed by atoms with Gasteiger partial charge in [-0.2, -0.15) is 0 Å². The second-order valence-corrected chi connectivity index (χ2v) is 6.75. The molecule has 6 nitrogen and oxygen atoms in total. The number of carbonyl (C=O) groups excluding carboxylic acids is 1. The molecule has 1 fully saturated rings. The zero-order valence-electron chi connectivity index (χ0n) is 14.6. The number of nitrogens with two attached hydrogens (primary N) is 1. The largest absolute Gasteiger partial charge is 0.346 e. The van der Waals surface area contributed by atoms with E-state index in [0.717, 1.165) is 30.7 Å². The van der Waals surface area contributed by atoms with Crippen molar-refractivity contribution >= 4 is 36.4 Å². The first-order valence-electron chi connectivity index (χ1n) is 8.42. The van der Waals surface area contributed by atoms with Crippen molar-refractivity contribution in [3.05, 3.63) is 30.2 Å². The summed E-state index contributed by atoms with van der Waals surface area (Å²) in [7, 11) is 0. The van der Waals surface area contributed by atoms with Gasteiger partial charge in [0.05, 0.1) is 6.04 Å². The number of nitrogens with zero attached hydrogens (tertiary/aromatic N) is 3. The number of aromatic nitrogens is 3. The summed E-state index contributed by atoms with van der Waals surface area (Å²) in [5, 5.41) is 11.7. The van der Waals surface area contributed by atoms with Gasteiger partial charge >= 0.3 is 0 Å². The molecule has 0 saturated heterocycles. The smallest absolute Gasteiger partial charge is 0.224 e. The van der Waals surface area contributed by atoms with Crippen molar-refractivity contribution in [3.8, 4) is 0 Å². The molecule has 0 radical (unpaired) electrons. The minimum Gasteiger partial charge on any atom is -0.346 e. The van der Waals surface area contributed by atoms with Crippen molar-refractivity contribution in [3.63, 3.8) is 0 Å². The summed E-state index contributed by atoms with van der Waals surface area (Å²) >= 11 is 0. The highest BCUT2D eigenvalue weighted by molar-refractivity contribution is 5.85. The highest BCUT2D eigenvalue weighted by atomic mass is 35.5. The molecule has 2 aromatic rings. The Hall–Kier alpha value is -1.37. The Morgan fingerprint density at radius 3 is 2.76 bits per heavy atom. The Balaban J connectivity index is 0.00000156. The third-order valence-electron chi connectivity index (χ3n) is 4.88. The number of pyridine rings is 1. The van der Waals surface area contributed by atoms with Crippen molar-refractivity contribution in [2.75, 3.05) is 6.54 Å². The van der Waals surface area contributed by atoms with Crippen LogP contribution in [0.3, 0.4) is 0 Å². The van der Waals surface area contributed by atoms with Gasteiger partial charge in [-0.25, -0.2) is 0 Å². The Labute approximate surface area is 160 Å². The van der Waals surface area contributed by atoms with Crippen LogP contribution in [0.4, 0.5) is 0 Å². The SMILES string of the molecule is CC(C)C(NC(=O)[C@@H]1CCC[C@@H]1CN)c1nnc2ccccn12.Cl.Cl. The number of carbonyl (C=O) groups is 1. The molecule has 0 aliphatic heterocycles. The van der Waals surface area contributed by atoms with E-state index in [4.69, 9.17) is 5.73 Å². The summed E-state index contributed by atoms with van der Waals surface area (Å²) in [6, 6.07) is 5.64. The van der Waals surface area contributed by atoms with Crippen LogP contribution in [0.15, 0.2) is 24.4 Å². The Morgan fingerprint density at radius 1 is 1.32 bits per heavy atom. The molecule has 8 heteroatoms. The summed E-state index contributed by atoms with van der Waals surface area (Å²) < 4.78 is 1.94. The Bertz CT molecular complexity index is 690. The normalized spacial score (nSPS) is 20.8. The third-order valence-corrected chi connectivity index (χ3v) is 4.88. The molecule has 0 spiro atoms. The van der Waals surface area contributed by atoms with Crippen molar-refractivity contribution in [2.24, 2.45) is 23.5 Å². The molecule has 3 N–H and O–H groups in total. The van der Waals surface area contributed by atoms with E-state index >= 15 is 0 Å². The summed E-state index contributed by atoms with van der Waals surface area (Å²) in [4.78, 5) is 12.7. The topological polar surface area (TPSA) is 85.3 Å². The molecule has 25 heavy (non-hydrogen) atoms. The fourth-order valence-corrected chi connectivity index (χ4v) is 3.53. The first kappa shape index (κ1) is 21.7. The van der Waals surface area contributed by atoms with Gasteiger partial charge in [-0.1, -0.05) is 26.3 Å². The molecule has 1 aliphatic rings. The number of nitrogens with one attached hydrogen (secondary N) is 1. The van der Waals surface area contributed by atoms with Crippen LogP contribution in [0, 0.1) is 17.8 Å². The first-order valence-corrected chi connectivity index (χ1v) is 8.42. The van der Waals surface area contributed by atoms with Gasteiger partial charge in [-0.15, -0.1) is 35.0 Å². The molecular weight excluding hydrogens is 361 g/mol. The molecule has 1 aliphatic carbocycles. The van der Waals surface area contributed by atoms with Crippen LogP contribution >= 0.6 is 24.8 Å². The molecule has 3 rings (SSSR count). The van der Waals surface area contributed by atoms with E-state index in [1.165, 1.54) is 0 Å².